The average molecular weight is 287 g/mol. The summed E-state index contributed by atoms with van der Waals surface area (Å²) in [6.07, 6.45) is 6.30. The first-order valence-corrected chi connectivity index (χ1v) is 7.42. The van der Waals surface area contributed by atoms with Crippen molar-refractivity contribution in [2.75, 3.05) is 5.32 Å². The maximum atomic E-state index is 11.1. The Kier molecular flexibility index (Phi) is 5.09. The quantitative estimate of drug-likeness (QED) is 0.461. The largest absolute Gasteiger partial charge is 0.382 e. The number of hydrogen-bond acceptors (Lipinski definition) is 4. The summed E-state index contributed by atoms with van der Waals surface area (Å²) >= 11 is 0. The van der Waals surface area contributed by atoms with Gasteiger partial charge in [-0.25, -0.2) is 4.98 Å². The summed E-state index contributed by atoms with van der Waals surface area (Å²) in [5, 5.41) is 15.3. The van der Waals surface area contributed by atoms with Crippen LogP contribution in [0.1, 0.15) is 39.5 Å². The Hall–Kier alpha value is -2.17. The van der Waals surface area contributed by atoms with Crippen LogP contribution in [0.5, 0.6) is 0 Å². The molecule has 0 spiro atoms. The van der Waals surface area contributed by atoms with E-state index in [-0.39, 0.29) is 10.6 Å². The van der Waals surface area contributed by atoms with Gasteiger partial charge in [0.2, 0.25) is 0 Å². The molecule has 2 aromatic rings. The Morgan fingerprint density at radius 3 is 2.86 bits per heavy atom. The number of hydrogen-bond donors (Lipinski definition) is 1. The Labute approximate surface area is 124 Å². The number of rotatable bonds is 7. The summed E-state index contributed by atoms with van der Waals surface area (Å²) in [5.74, 6) is 0. The van der Waals surface area contributed by atoms with Crippen LogP contribution in [0, 0.1) is 10.1 Å². The number of nitrogens with zero attached hydrogens (tertiary/aromatic N) is 2. The second kappa shape index (κ2) is 7.02. The van der Waals surface area contributed by atoms with Crippen molar-refractivity contribution in [3.8, 4) is 0 Å². The van der Waals surface area contributed by atoms with Crippen molar-refractivity contribution >= 4 is 22.3 Å². The first-order valence-electron chi connectivity index (χ1n) is 7.42. The van der Waals surface area contributed by atoms with Crippen LogP contribution in [-0.2, 0) is 0 Å². The minimum atomic E-state index is -0.385. The monoisotopic (exact) mass is 287 g/mol. The number of aromatic nitrogens is 1. The molecule has 0 saturated heterocycles. The highest BCUT2D eigenvalue weighted by atomic mass is 16.6. The third kappa shape index (κ3) is 3.68. The second-order valence-corrected chi connectivity index (χ2v) is 5.33. The zero-order chi connectivity index (χ0) is 15.2. The molecule has 5 nitrogen and oxygen atoms in total. The lowest BCUT2D eigenvalue weighted by molar-refractivity contribution is -0.383. The van der Waals surface area contributed by atoms with E-state index in [4.69, 9.17) is 0 Å². The number of unbranched alkanes of at least 4 members (excludes halogenated alkanes) is 2. The van der Waals surface area contributed by atoms with Crippen molar-refractivity contribution in [1.29, 1.82) is 0 Å². The van der Waals surface area contributed by atoms with Gasteiger partial charge in [0, 0.05) is 29.4 Å². The maximum Gasteiger partial charge on any atom is 0.295 e. The zero-order valence-electron chi connectivity index (χ0n) is 12.5. The molecule has 1 N–H and O–H groups in total. The summed E-state index contributed by atoms with van der Waals surface area (Å²) in [6, 6.07) is 7.31. The van der Waals surface area contributed by atoms with Crippen molar-refractivity contribution < 1.29 is 4.92 Å². The normalized spacial score (nSPS) is 12.3. The molecule has 1 aromatic heterocycles. The SMILES string of the molecule is CCCCCC(C)Nc1ccc([N+](=O)[O-])c2ncccc12. The number of fused-ring (bicyclic) bond motifs is 1. The van der Waals surface area contributed by atoms with Gasteiger partial charge in [0.25, 0.3) is 5.69 Å². The lowest BCUT2D eigenvalue weighted by atomic mass is 10.1. The van der Waals surface area contributed by atoms with Gasteiger partial charge < -0.3 is 5.32 Å². The van der Waals surface area contributed by atoms with Crippen LogP contribution in [0.3, 0.4) is 0 Å². The summed E-state index contributed by atoms with van der Waals surface area (Å²) in [6.45, 7) is 4.33. The van der Waals surface area contributed by atoms with Gasteiger partial charge in [-0.15, -0.1) is 0 Å². The highest BCUT2D eigenvalue weighted by Crippen LogP contribution is 2.30. The smallest absolute Gasteiger partial charge is 0.295 e. The van der Waals surface area contributed by atoms with Crippen LogP contribution in [0.15, 0.2) is 30.5 Å². The first kappa shape index (κ1) is 15.2. The zero-order valence-corrected chi connectivity index (χ0v) is 12.5. The molecular formula is C16H21N3O2. The maximum absolute atomic E-state index is 11.1. The summed E-state index contributed by atoms with van der Waals surface area (Å²) in [4.78, 5) is 14.8. The molecule has 1 heterocycles. The molecule has 21 heavy (non-hydrogen) atoms. The molecule has 1 aromatic carbocycles. The minimum absolute atomic E-state index is 0.0507. The fraction of sp³-hybridized carbons (Fsp3) is 0.438. The molecule has 0 aliphatic carbocycles. The predicted molar refractivity (Wildman–Crippen MR) is 85.6 cm³/mol. The molecular weight excluding hydrogens is 266 g/mol. The van der Waals surface area contributed by atoms with Crippen LogP contribution in [0.25, 0.3) is 10.9 Å². The van der Waals surface area contributed by atoms with Crippen LogP contribution >= 0.6 is 0 Å². The standard InChI is InChI=1S/C16H21N3O2/c1-3-4-5-7-12(2)18-14-9-10-15(19(20)21)16-13(14)8-6-11-17-16/h6,8-12,18H,3-5,7H2,1-2H3. The van der Waals surface area contributed by atoms with Gasteiger partial charge in [-0.3, -0.25) is 10.1 Å². The van der Waals surface area contributed by atoms with E-state index >= 15 is 0 Å². The van der Waals surface area contributed by atoms with Gasteiger partial charge in [-0.1, -0.05) is 26.2 Å². The molecule has 0 aliphatic rings. The van der Waals surface area contributed by atoms with Crippen molar-refractivity contribution in [2.45, 2.75) is 45.6 Å². The molecule has 0 saturated carbocycles. The van der Waals surface area contributed by atoms with Crippen LogP contribution in [0.4, 0.5) is 11.4 Å². The van der Waals surface area contributed by atoms with Gasteiger partial charge in [-0.2, -0.15) is 0 Å². The van der Waals surface area contributed by atoms with E-state index in [0.717, 1.165) is 17.5 Å². The fourth-order valence-corrected chi connectivity index (χ4v) is 2.47. The first-order chi connectivity index (χ1) is 10.1. The highest BCUT2D eigenvalue weighted by molar-refractivity contribution is 5.96. The van der Waals surface area contributed by atoms with Gasteiger partial charge in [-0.05, 0) is 31.5 Å². The summed E-state index contributed by atoms with van der Waals surface area (Å²) in [7, 11) is 0. The van der Waals surface area contributed by atoms with Gasteiger partial charge in [0.05, 0.1) is 4.92 Å². The highest BCUT2D eigenvalue weighted by Gasteiger charge is 2.15. The predicted octanol–water partition coefficient (Wildman–Crippen LogP) is 4.52. The molecule has 0 amide bonds. The average Bonchev–Trinajstić information content (AvgIpc) is 2.47. The third-order valence-electron chi connectivity index (χ3n) is 3.59. The lowest BCUT2D eigenvalue weighted by Gasteiger charge is -2.16. The fourth-order valence-electron chi connectivity index (χ4n) is 2.47. The van der Waals surface area contributed by atoms with Crippen LogP contribution in [0.2, 0.25) is 0 Å². The van der Waals surface area contributed by atoms with E-state index in [1.165, 1.54) is 25.3 Å². The van der Waals surface area contributed by atoms with E-state index in [0.29, 0.717) is 11.6 Å². The number of nitro benzene ring substituents is 1. The molecule has 0 aliphatic heterocycles. The molecule has 0 fully saturated rings. The second-order valence-electron chi connectivity index (χ2n) is 5.33. The van der Waals surface area contributed by atoms with Gasteiger partial charge in [0.1, 0.15) is 5.52 Å². The number of nitrogens with one attached hydrogen (secondary N) is 1. The van der Waals surface area contributed by atoms with Gasteiger partial charge >= 0.3 is 0 Å². The number of nitro groups is 1. The Balaban J connectivity index is 2.25. The minimum Gasteiger partial charge on any atom is -0.382 e. The van der Waals surface area contributed by atoms with E-state index in [2.05, 4.69) is 24.1 Å². The van der Waals surface area contributed by atoms with Crippen LogP contribution in [-0.4, -0.2) is 15.9 Å². The molecule has 5 heteroatoms. The van der Waals surface area contributed by atoms with Crippen molar-refractivity contribution in [2.24, 2.45) is 0 Å². The Morgan fingerprint density at radius 2 is 2.14 bits per heavy atom. The Bertz CT molecular complexity index is 628. The molecule has 1 atom stereocenters. The Morgan fingerprint density at radius 1 is 1.33 bits per heavy atom. The van der Waals surface area contributed by atoms with E-state index < -0.39 is 0 Å². The van der Waals surface area contributed by atoms with Crippen molar-refractivity contribution in [1.82, 2.24) is 4.98 Å². The molecule has 112 valence electrons. The van der Waals surface area contributed by atoms with E-state index in [9.17, 15) is 10.1 Å². The number of benzene rings is 1. The molecule has 2 rings (SSSR count). The lowest BCUT2D eigenvalue weighted by Crippen LogP contribution is -2.15. The topological polar surface area (TPSA) is 68.1 Å². The van der Waals surface area contributed by atoms with E-state index in [1.54, 1.807) is 18.3 Å². The van der Waals surface area contributed by atoms with Gasteiger partial charge in [0.15, 0.2) is 0 Å². The van der Waals surface area contributed by atoms with Crippen LogP contribution < -0.4 is 5.32 Å². The van der Waals surface area contributed by atoms with Crippen molar-refractivity contribution in [3.63, 3.8) is 0 Å². The van der Waals surface area contributed by atoms with Crippen molar-refractivity contribution in [3.05, 3.63) is 40.6 Å². The molecule has 0 bridgehead atoms. The molecule has 1 unspecified atom stereocenters. The number of pyridine rings is 1. The summed E-state index contributed by atoms with van der Waals surface area (Å²) in [5.41, 5.74) is 1.40. The summed E-state index contributed by atoms with van der Waals surface area (Å²) < 4.78 is 0. The number of anilines is 1. The van der Waals surface area contributed by atoms with E-state index in [1.807, 2.05) is 6.07 Å². The number of non-ortho nitro benzene ring substituents is 1. The third-order valence-corrected chi connectivity index (χ3v) is 3.59. The molecule has 0 radical (unpaired) electrons.